The predicted molar refractivity (Wildman–Crippen MR) is 150 cm³/mol. The quantitative estimate of drug-likeness (QED) is 0.227. The second-order valence-electron chi connectivity index (χ2n) is 9.75. The molecular formula is C29H34N4O4S. The van der Waals surface area contributed by atoms with E-state index >= 15 is 0 Å². The summed E-state index contributed by atoms with van der Waals surface area (Å²) in [6.45, 7) is 4.68. The van der Waals surface area contributed by atoms with E-state index in [0.29, 0.717) is 5.92 Å². The Morgan fingerprint density at radius 1 is 1.00 bits per heavy atom. The van der Waals surface area contributed by atoms with Gasteiger partial charge in [-0.3, -0.25) is 0 Å². The van der Waals surface area contributed by atoms with Gasteiger partial charge >= 0.3 is 5.97 Å². The summed E-state index contributed by atoms with van der Waals surface area (Å²) in [4.78, 5) is 19.0. The van der Waals surface area contributed by atoms with Gasteiger partial charge in [0.25, 0.3) is 0 Å². The molecule has 8 nitrogen and oxygen atoms in total. The molecule has 0 spiro atoms. The fourth-order valence-corrected chi connectivity index (χ4v) is 5.68. The summed E-state index contributed by atoms with van der Waals surface area (Å²) < 4.78 is 12.8. The van der Waals surface area contributed by atoms with Gasteiger partial charge in [-0.1, -0.05) is 23.5 Å². The summed E-state index contributed by atoms with van der Waals surface area (Å²) in [7, 11) is 1.75. The molecule has 1 aliphatic heterocycles. The number of carboxylic acid groups (broad SMARTS) is 1. The summed E-state index contributed by atoms with van der Waals surface area (Å²) in [6.07, 6.45) is 7.60. The summed E-state index contributed by atoms with van der Waals surface area (Å²) in [6, 6.07) is 15.4. The topological polar surface area (TPSA) is 89.2 Å². The molecule has 5 rings (SSSR count). The molecule has 0 radical (unpaired) electrons. The molecular weight excluding hydrogens is 500 g/mol. The van der Waals surface area contributed by atoms with Gasteiger partial charge in [-0.2, -0.15) is 5.10 Å². The van der Waals surface area contributed by atoms with Gasteiger partial charge in [0, 0.05) is 56.8 Å². The third-order valence-electron chi connectivity index (χ3n) is 7.06. The predicted octanol–water partition coefficient (Wildman–Crippen LogP) is 5.87. The van der Waals surface area contributed by atoms with Crippen molar-refractivity contribution in [2.24, 2.45) is 5.92 Å². The van der Waals surface area contributed by atoms with E-state index in [1.807, 2.05) is 6.20 Å². The first-order valence-electron chi connectivity index (χ1n) is 13.2. The second kappa shape index (κ2) is 12.5. The van der Waals surface area contributed by atoms with E-state index in [-0.39, 0.29) is 5.56 Å². The van der Waals surface area contributed by atoms with Crippen molar-refractivity contribution >= 4 is 28.0 Å². The van der Waals surface area contributed by atoms with E-state index in [4.69, 9.17) is 24.7 Å². The highest BCUT2D eigenvalue weighted by Crippen LogP contribution is 2.31. The highest BCUT2D eigenvalue weighted by atomic mass is 32.1. The van der Waals surface area contributed by atoms with Crippen LogP contribution in [0.5, 0.6) is 0 Å². The molecule has 200 valence electrons. The van der Waals surface area contributed by atoms with Crippen LogP contribution in [0.3, 0.4) is 0 Å². The number of rotatable bonds is 12. The molecule has 0 amide bonds. The molecule has 4 aromatic rings. The van der Waals surface area contributed by atoms with Gasteiger partial charge in [0.2, 0.25) is 4.96 Å². The van der Waals surface area contributed by atoms with Gasteiger partial charge in [-0.15, -0.1) is 0 Å². The zero-order valence-corrected chi connectivity index (χ0v) is 22.5. The Morgan fingerprint density at radius 3 is 2.39 bits per heavy atom. The largest absolute Gasteiger partial charge is 0.478 e. The van der Waals surface area contributed by atoms with Crippen LogP contribution in [0.25, 0.3) is 26.8 Å². The van der Waals surface area contributed by atoms with Crippen molar-refractivity contribution in [1.82, 2.24) is 14.6 Å². The number of unbranched alkanes of at least 4 members (excludes halogenated alkanes) is 2. The van der Waals surface area contributed by atoms with Crippen LogP contribution in [0, 0.1) is 5.92 Å². The number of hydrogen-bond acceptors (Lipinski definition) is 7. The molecule has 0 unspecified atom stereocenters. The Kier molecular flexibility index (Phi) is 8.68. The number of benzene rings is 2. The van der Waals surface area contributed by atoms with Crippen LogP contribution in [0.15, 0.2) is 54.7 Å². The number of hydrogen-bond donors (Lipinski definition) is 1. The van der Waals surface area contributed by atoms with Crippen molar-refractivity contribution in [2.75, 3.05) is 44.9 Å². The lowest BCUT2D eigenvalue weighted by atomic mass is 9.97. The van der Waals surface area contributed by atoms with Crippen LogP contribution in [0.1, 0.15) is 42.5 Å². The van der Waals surface area contributed by atoms with Gasteiger partial charge < -0.3 is 19.5 Å². The Hall–Kier alpha value is -3.27. The molecule has 1 N–H and O–H groups in total. The average Bonchev–Trinajstić information content (AvgIpc) is 3.53. The van der Waals surface area contributed by atoms with Crippen molar-refractivity contribution in [3.63, 3.8) is 0 Å². The molecule has 0 atom stereocenters. The summed E-state index contributed by atoms with van der Waals surface area (Å²) >= 11 is 1.54. The summed E-state index contributed by atoms with van der Waals surface area (Å²) in [5.74, 6) is -0.287. The van der Waals surface area contributed by atoms with E-state index in [0.717, 1.165) is 85.4 Å². The standard InChI is InChI=1S/C29H34N4O4S/c1-36-17-3-2-4-18-37-20-21-13-15-32(16-14-21)25-11-9-23(10-12-25)27-31-33-19-26(30-29(33)38-27)22-5-7-24(8-6-22)28(34)35/h5-12,19,21H,2-4,13-18,20H2,1H3,(H,34,35). The minimum atomic E-state index is -0.936. The molecule has 1 aliphatic rings. The second-order valence-corrected chi connectivity index (χ2v) is 10.7. The normalized spacial score (nSPS) is 14.4. The van der Waals surface area contributed by atoms with Crippen molar-refractivity contribution in [1.29, 1.82) is 0 Å². The maximum absolute atomic E-state index is 11.1. The third-order valence-corrected chi connectivity index (χ3v) is 8.03. The number of aromatic nitrogens is 3. The maximum atomic E-state index is 11.1. The Morgan fingerprint density at radius 2 is 1.71 bits per heavy atom. The van der Waals surface area contributed by atoms with Crippen LogP contribution in [0.2, 0.25) is 0 Å². The minimum absolute atomic E-state index is 0.261. The molecule has 3 heterocycles. The number of nitrogens with zero attached hydrogens (tertiary/aromatic N) is 4. The smallest absolute Gasteiger partial charge is 0.335 e. The zero-order chi connectivity index (χ0) is 26.3. The monoisotopic (exact) mass is 534 g/mol. The number of piperidine rings is 1. The number of carboxylic acids is 1. The minimum Gasteiger partial charge on any atom is -0.478 e. The van der Waals surface area contributed by atoms with Gasteiger partial charge in [-0.25, -0.2) is 14.3 Å². The van der Waals surface area contributed by atoms with Gasteiger partial charge in [-0.05, 0) is 74.4 Å². The number of ether oxygens (including phenoxy) is 2. The first-order valence-corrected chi connectivity index (χ1v) is 14.0. The number of carbonyl (C=O) groups is 1. The lowest BCUT2D eigenvalue weighted by molar-refractivity contribution is 0.0697. The van der Waals surface area contributed by atoms with Crippen molar-refractivity contribution in [2.45, 2.75) is 32.1 Å². The van der Waals surface area contributed by atoms with Crippen LogP contribution in [-0.2, 0) is 9.47 Å². The van der Waals surface area contributed by atoms with E-state index < -0.39 is 5.97 Å². The van der Waals surface area contributed by atoms with Gasteiger partial charge in [0.05, 0.1) is 17.5 Å². The highest BCUT2D eigenvalue weighted by molar-refractivity contribution is 7.19. The third kappa shape index (κ3) is 6.40. The number of anilines is 1. The highest BCUT2D eigenvalue weighted by Gasteiger charge is 2.20. The Balaban J connectivity index is 1.12. The molecule has 2 aromatic carbocycles. The first kappa shape index (κ1) is 26.3. The lowest BCUT2D eigenvalue weighted by Gasteiger charge is -2.33. The van der Waals surface area contributed by atoms with E-state index in [1.165, 1.54) is 12.1 Å². The van der Waals surface area contributed by atoms with Crippen LogP contribution in [-0.4, -0.2) is 65.7 Å². The van der Waals surface area contributed by atoms with Crippen LogP contribution in [0.4, 0.5) is 5.69 Å². The molecule has 1 fully saturated rings. The molecule has 1 saturated heterocycles. The molecule has 38 heavy (non-hydrogen) atoms. The molecule has 0 saturated carbocycles. The Bertz CT molecular complexity index is 1290. The van der Waals surface area contributed by atoms with E-state index in [2.05, 4.69) is 29.2 Å². The summed E-state index contributed by atoms with van der Waals surface area (Å²) in [5, 5.41) is 14.7. The molecule has 0 bridgehead atoms. The first-order chi connectivity index (χ1) is 18.6. The average molecular weight is 535 g/mol. The van der Waals surface area contributed by atoms with Crippen LogP contribution < -0.4 is 4.90 Å². The van der Waals surface area contributed by atoms with Gasteiger partial charge in [0.15, 0.2) is 0 Å². The van der Waals surface area contributed by atoms with Crippen LogP contribution >= 0.6 is 11.3 Å². The van der Waals surface area contributed by atoms with Crippen molar-refractivity contribution in [3.05, 3.63) is 60.3 Å². The fraction of sp³-hybridized carbons (Fsp3) is 0.414. The van der Waals surface area contributed by atoms with Gasteiger partial charge in [0.1, 0.15) is 5.01 Å². The maximum Gasteiger partial charge on any atom is 0.335 e. The number of imidazole rings is 1. The molecule has 2 aromatic heterocycles. The SMILES string of the molecule is COCCCCCOCC1CCN(c2ccc(-c3nn4cc(-c5ccc(C(=O)O)cc5)nc4s3)cc2)CC1. The number of fused-ring (bicyclic) bond motifs is 1. The zero-order valence-electron chi connectivity index (χ0n) is 21.7. The fourth-order valence-electron chi connectivity index (χ4n) is 4.79. The number of methoxy groups -OCH3 is 1. The van der Waals surface area contributed by atoms with E-state index in [1.54, 1.807) is 47.2 Å². The lowest BCUT2D eigenvalue weighted by Crippen LogP contribution is -2.35. The Labute approximate surface area is 226 Å². The molecule has 9 heteroatoms. The van der Waals surface area contributed by atoms with Crippen molar-refractivity contribution < 1.29 is 19.4 Å². The number of aromatic carboxylic acids is 1. The van der Waals surface area contributed by atoms with Crippen molar-refractivity contribution in [3.8, 4) is 21.8 Å². The summed E-state index contributed by atoms with van der Waals surface area (Å²) in [5.41, 5.74) is 4.23. The van der Waals surface area contributed by atoms with E-state index in [9.17, 15) is 4.79 Å². The molecule has 0 aliphatic carbocycles.